The highest BCUT2D eigenvalue weighted by Crippen LogP contribution is 2.22. The van der Waals surface area contributed by atoms with E-state index in [-0.39, 0.29) is 0 Å². The molecule has 0 amide bonds. The average molecular weight is 304 g/mol. The Hall–Kier alpha value is -0.130. The van der Waals surface area contributed by atoms with Crippen molar-refractivity contribution in [2.75, 3.05) is 25.9 Å². The van der Waals surface area contributed by atoms with Crippen molar-refractivity contribution < 1.29 is 8.42 Å². The number of piperazine rings is 1. The predicted molar refractivity (Wildman–Crippen MR) is 85.8 cm³/mol. The lowest BCUT2D eigenvalue weighted by atomic mass is 9.98. The van der Waals surface area contributed by atoms with E-state index in [9.17, 15) is 8.42 Å². The molecule has 1 aliphatic rings. The lowest BCUT2D eigenvalue weighted by molar-refractivity contribution is 0.109. The van der Waals surface area contributed by atoms with E-state index >= 15 is 0 Å². The van der Waals surface area contributed by atoms with Gasteiger partial charge in [-0.3, -0.25) is 4.90 Å². The molecule has 1 aliphatic heterocycles. The molecule has 0 spiro atoms. The van der Waals surface area contributed by atoms with Gasteiger partial charge in [-0.1, -0.05) is 20.8 Å². The van der Waals surface area contributed by atoms with Crippen LogP contribution in [0, 0.1) is 5.92 Å². The van der Waals surface area contributed by atoms with E-state index < -0.39 is 14.6 Å². The van der Waals surface area contributed by atoms with Gasteiger partial charge in [0, 0.05) is 38.0 Å². The highest BCUT2D eigenvalue weighted by molar-refractivity contribution is 7.92. The third-order valence-corrected chi connectivity index (χ3v) is 6.56. The van der Waals surface area contributed by atoms with Gasteiger partial charge in [-0.25, -0.2) is 8.42 Å². The Morgan fingerprint density at radius 1 is 1.35 bits per heavy atom. The molecule has 0 aromatic heterocycles. The first-order valence-corrected chi connectivity index (χ1v) is 9.63. The van der Waals surface area contributed by atoms with Gasteiger partial charge in [-0.05, 0) is 32.6 Å². The molecule has 0 saturated carbocycles. The zero-order valence-electron chi connectivity index (χ0n) is 13.9. The quantitative estimate of drug-likeness (QED) is 0.814. The molecule has 0 aliphatic carbocycles. The van der Waals surface area contributed by atoms with Gasteiger partial charge in [-0.15, -0.1) is 0 Å². The summed E-state index contributed by atoms with van der Waals surface area (Å²) in [5, 5.41) is 3.61. The summed E-state index contributed by atoms with van der Waals surface area (Å²) in [6, 6.07) is 0.924. The van der Waals surface area contributed by atoms with E-state index in [2.05, 4.69) is 31.0 Å². The molecule has 5 heteroatoms. The lowest BCUT2D eigenvalue weighted by Gasteiger charge is -2.43. The summed E-state index contributed by atoms with van der Waals surface area (Å²) in [7, 11) is -3.04. The molecule has 2 atom stereocenters. The largest absolute Gasteiger partial charge is 0.311 e. The van der Waals surface area contributed by atoms with Crippen LogP contribution in [0.3, 0.4) is 0 Å². The average Bonchev–Trinajstić information content (AvgIpc) is 2.26. The molecule has 0 aromatic rings. The van der Waals surface area contributed by atoms with E-state index in [1.165, 1.54) is 6.26 Å². The molecule has 0 radical (unpaired) electrons. The molecule has 1 saturated heterocycles. The van der Waals surface area contributed by atoms with Crippen molar-refractivity contribution >= 4 is 9.84 Å². The minimum atomic E-state index is -3.04. The summed E-state index contributed by atoms with van der Waals surface area (Å²) in [5.74, 6) is 0.662. The number of hydrogen-bond donors (Lipinski definition) is 1. The molecule has 1 rings (SSSR count). The van der Waals surface area contributed by atoms with Crippen LogP contribution in [0.1, 0.15) is 47.5 Å². The number of nitrogens with one attached hydrogen (secondary N) is 1. The number of rotatable bonds is 6. The Balaban J connectivity index is 2.77. The maximum absolute atomic E-state index is 11.9. The van der Waals surface area contributed by atoms with Crippen molar-refractivity contribution in [1.82, 2.24) is 10.2 Å². The van der Waals surface area contributed by atoms with Crippen molar-refractivity contribution in [2.24, 2.45) is 5.92 Å². The fourth-order valence-electron chi connectivity index (χ4n) is 2.86. The molecule has 1 heterocycles. The fraction of sp³-hybridized carbons (Fsp3) is 1.00. The second kappa shape index (κ2) is 6.75. The summed E-state index contributed by atoms with van der Waals surface area (Å²) >= 11 is 0. The van der Waals surface area contributed by atoms with E-state index in [4.69, 9.17) is 0 Å². The topological polar surface area (TPSA) is 49.4 Å². The zero-order chi connectivity index (χ0) is 15.6. The molecule has 0 aromatic carbocycles. The first-order valence-electron chi connectivity index (χ1n) is 7.74. The SMILES string of the molecule is CCC1CNC(CC(C)C)CN1CC(C)(C)S(C)(=O)=O. The Kier molecular flexibility index (Phi) is 6.05. The van der Waals surface area contributed by atoms with E-state index in [0.29, 0.717) is 24.5 Å². The van der Waals surface area contributed by atoms with Crippen molar-refractivity contribution in [2.45, 2.75) is 64.3 Å². The Morgan fingerprint density at radius 2 is 1.95 bits per heavy atom. The van der Waals surface area contributed by atoms with Gasteiger partial charge in [-0.2, -0.15) is 0 Å². The normalized spacial score (nSPS) is 26.1. The Bertz CT molecular complexity index is 404. The minimum Gasteiger partial charge on any atom is -0.311 e. The fourth-order valence-corrected chi connectivity index (χ4v) is 3.26. The summed E-state index contributed by atoms with van der Waals surface area (Å²) < 4.78 is 23.2. The van der Waals surface area contributed by atoms with Gasteiger partial charge in [0.2, 0.25) is 0 Å². The first kappa shape index (κ1) is 17.9. The summed E-state index contributed by atoms with van der Waals surface area (Å²) in [4.78, 5) is 2.38. The summed E-state index contributed by atoms with van der Waals surface area (Å²) in [6.07, 6.45) is 3.55. The predicted octanol–water partition coefficient (Wildman–Crippen LogP) is 1.91. The summed E-state index contributed by atoms with van der Waals surface area (Å²) in [6.45, 7) is 12.9. The standard InChI is InChI=1S/C15H32N2O2S/c1-7-14-9-16-13(8-12(2)3)10-17(14)11-15(4,5)20(6,18)19/h12-14,16H,7-11H2,1-6H3. The second-order valence-electron chi connectivity index (χ2n) is 7.26. The van der Waals surface area contributed by atoms with E-state index in [0.717, 1.165) is 25.9 Å². The van der Waals surface area contributed by atoms with Crippen molar-refractivity contribution in [3.8, 4) is 0 Å². The van der Waals surface area contributed by atoms with Crippen LogP contribution in [0.25, 0.3) is 0 Å². The molecular weight excluding hydrogens is 272 g/mol. The van der Waals surface area contributed by atoms with Gasteiger partial charge >= 0.3 is 0 Å². The third-order valence-electron chi connectivity index (χ3n) is 4.43. The number of nitrogens with zero attached hydrogens (tertiary/aromatic N) is 1. The molecule has 20 heavy (non-hydrogen) atoms. The summed E-state index contributed by atoms with van der Waals surface area (Å²) in [5.41, 5.74) is 0. The zero-order valence-corrected chi connectivity index (χ0v) is 14.8. The smallest absolute Gasteiger partial charge is 0.153 e. The number of hydrogen-bond acceptors (Lipinski definition) is 4. The van der Waals surface area contributed by atoms with Crippen molar-refractivity contribution in [3.63, 3.8) is 0 Å². The molecule has 1 fully saturated rings. The molecule has 0 bridgehead atoms. The molecular formula is C15H32N2O2S. The van der Waals surface area contributed by atoms with Crippen LogP contribution in [0.5, 0.6) is 0 Å². The Labute approximate surface area is 125 Å². The number of sulfone groups is 1. The maximum Gasteiger partial charge on any atom is 0.153 e. The molecule has 1 N–H and O–H groups in total. The van der Waals surface area contributed by atoms with Crippen LogP contribution >= 0.6 is 0 Å². The van der Waals surface area contributed by atoms with Crippen LogP contribution in [0.2, 0.25) is 0 Å². The van der Waals surface area contributed by atoms with Gasteiger partial charge in [0.05, 0.1) is 4.75 Å². The Morgan fingerprint density at radius 3 is 2.40 bits per heavy atom. The third kappa shape index (κ3) is 4.71. The molecule has 2 unspecified atom stereocenters. The van der Waals surface area contributed by atoms with Crippen LogP contribution in [0.15, 0.2) is 0 Å². The monoisotopic (exact) mass is 304 g/mol. The molecule has 120 valence electrons. The van der Waals surface area contributed by atoms with Crippen molar-refractivity contribution in [3.05, 3.63) is 0 Å². The van der Waals surface area contributed by atoms with Crippen LogP contribution in [-0.2, 0) is 9.84 Å². The van der Waals surface area contributed by atoms with Crippen LogP contribution < -0.4 is 5.32 Å². The van der Waals surface area contributed by atoms with Gasteiger partial charge in [0.25, 0.3) is 0 Å². The van der Waals surface area contributed by atoms with Crippen molar-refractivity contribution in [1.29, 1.82) is 0 Å². The maximum atomic E-state index is 11.9. The van der Waals surface area contributed by atoms with Gasteiger partial charge < -0.3 is 5.32 Å². The first-order chi connectivity index (χ1) is 9.06. The van der Waals surface area contributed by atoms with Crippen LogP contribution in [0.4, 0.5) is 0 Å². The minimum absolute atomic E-state index is 0.444. The lowest BCUT2D eigenvalue weighted by Crippen LogP contribution is -2.60. The second-order valence-corrected chi connectivity index (χ2v) is 9.91. The van der Waals surface area contributed by atoms with Gasteiger partial charge in [0.1, 0.15) is 0 Å². The van der Waals surface area contributed by atoms with E-state index in [1.807, 2.05) is 13.8 Å². The van der Waals surface area contributed by atoms with E-state index in [1.54, 1.807) is 0 Å². The highest BCUT2D eigenvalue weighted by Gasteiger charge is 2.36. The highest BCUT2D eigenvalue weighted by atomic mass is 32.2. The van der Waals surface area contributed by atoms with Crippen LogP contribution in [-0.4, -0.2) is 56.0 Å². The van der Waals surface area contributed by atoms with Gasteiger partial charge in [0.15, 0.2) is 9.84 Å². The molecule has 4 nitrogen and oxygen atoms in total.